The Hall–Kier alpha value is -2.49. The monoisotopic (exact) mass is 399 g/mol. The summed E-state index contributed by atoms with van der Waals surface area (Å²) in [6.45, 7) is 9.69. The van der Waals surface area contributed by atoms with Gasteiger partial charge in [0.15, 0.2) is 0 Å². The maximum Gasteiger partial charge on any atom is 0.131 e. The van der Waals surface area contributed by atoms with Crippen molar-refractivity contribution in [2.24, 2.45) is 11.3 Å². The Labute approximate surface area is 179 Å². The number of hydrogen-bond acceptors (Lipinski definition) is 2. The quantitative estimate of drug-likeness (QED) is 0.468. The Bertz CT molecular complexity index is 1060. The highest BCUT2D eigenvalue weighted by Gasteiger charge is 2.58. The first kappa shape index (κ1) is 19.5. The van der Waals surface area contributed by atoms with Crippen LogP contribution in [0.5, 0.6) is 0 Å². The van der Waals surface area contributed by atoms with Gasteiger partial charge in [-0.1, -0.05) is 61.5 Å². The predicted molar refractivity (Wildman–Crippen MR) is 122 cm³/mol. The Balaban J connectivity index is 1.58. The molecular formula is C27H31N2O+. The van der Waals surface area contributed by atoms with Gasteiger partial charge < -0.3 is 9.59 Å². The molecule has 3 fully saturated rings. The van der Waals surface area contributed by atoms with Crippen LogP contribution < -0.4 is 0 Å². The molecule has 3 nitrogen and oxygen atoms in total. The van der Waals surface area contributed by atoms with Crippen molar-refractivity contribution in [1.29, 1.82) is 0 Å². The number of piperidine rings is 3. The lowest BCUT2D eigenvalue weighted by Gasteiger charge is -2.61. The molecule has 2 bridgehead atoms. The molecule has 6 rings (SSSR count). The highest BCUT2D eigenvalue weighted by atomic mass is 16.3. The zero-order valence-corrected chi connectivity index (χ0v) is 17.7. The Morgan fingerprint density at radius 1 is 1.17 bits per heavy atom. The molecule has 0 aliphatic carbocycles. The minimum atomic E-state index is -0.501. The molecule has 4 heterocycles. The number of quaternary nitrogens is 1. The number of aliphatic hydroxyl groups is 1. The van der Waals surface area contributed by atoms with E-state index in [0.29, 0.717) is 5.92 Å². The average Bonchev–Trinajstić information content (AvgIpc) is 2.79. The summed E-state index contributed by atoms with van der Waals surface area (Å²) < 4.78 is 0.931. The number of pyridine rings is 1. The van der Waals surface area contributed by atoms with Gasteiger partial charge in [0.25, 0.3) is 0 Å². The molecule has 3 aromatic rings. The molecule has 1 N–H and O–H groups in total. The first-order valence-corrected chi connectivity index (χ1v) is 11.1. The second kappa shape index (κ2) is 7.33. The molecule has 0 amide bonds. The molecule has 1 aromatic heterocycles. The topological polar surface area (TPSA) is 33.1 Å². The molecule has 0 spiro atoms. The summed E-state index contributed by atoms with van der Waals surface area (Å²) in [7, 11) is 0. The fourth-order valence-corrected chi connectivity index (χ4v) is 6.26. The van der Waals surface area contributed by atoms with Crippen molar-refractivity contribution in [3.05, 3.63) is 90.6 Å². The second-order valence-electron chi connectivity index (χ2n) is 9.60. The zero-order chi connectivity index (χ0) is 20.8. The van der Waals surface area contributed by atoms with Crippen molar-refractivity contribution in [1.82, 2.24) is 4.98 Å². The van der Waals surface area contributed by atoms with Gasteiger partial charge in [-0.05, 0) is 23.6 Å². The molecule has 3 aliphatic heterocycles. The number of hydrogen-bond donors (Lipinski definition) is 1. The third kappa shape index (κ3) is 3.08. The van der Waals surface area contributed by atoms with Crippen molar-refractivity contribution >= 4 is 10.9 Å². The lowest BCUT2D eigenvalue weighted by molar-refractivity contribution is -0.988. The van der Waals surface area contributed by atoms with Crippen LogP contribution in [0.3, 0.4) is 0 Å². The Morgan fingerprint density at radius 2 is 1.93 bits per heavy atom. The highest BCUT2D eigenvalue weighted by molar-refractivity contribution is 5.82. The van der Waals surface area contributed by atoms with Gasteiger partial charge in [-0.3, -0.25) is 4.98 Å². The third-order valence-electron chi connectivity index (χ3n) is 7.91. The van der Waals surface area contributed by atoms with Crippen molar-refractivity contribution in [3.8, 4) is 0 Å². The van der Waals surface area contributed by atoms with Gasteiger partial charge in [-0.15, -0.1) is 6.58 Å². The van der Waals surface area contributed by atoms with Crippen molar-refractivity contribution < 1.29 is 9.59 Å². The first-order chi connectivity index (χ1) is 14.5. The SMILES string of the molecule is C=CC1(C)C[N+]2(Cc3ccccc3)CCC1CC2C(O)c1ccnc2ccccc12. The van der Waals surface area contributed by atoms with E-state index < -0.39 is 6.10 Å². The van der Waals surface area contributed by atoms with E-state index in [1.54, 1.807) is 0 Å². The van der Waals surface area contributed by atoms with Crippen LogP contribution in [0.4, 0.5) is 0 Å². The van der Waals surface area contributed by atoms with Crippen LogP contribution >= 0.6 is 0 Å². The number of para-hydroxylation sites is 1. The van der Waals surface area contributed by atoms with Crippen LogP contribution in [0.1, 0.15) is 37.0 Å². The van der Waals surface area contributed by atoms with Gasteiger partial charge in [0.05, 0.1) is 18.6 Å². The number of aromatic nitrogens is 1. The minimum Gasteiger partial charge on any atom is -0.382 e. The number of aliphatic hydroxyl groups excluding tert-OH is 1. The molecule has 30 heavy (non-hydrogen) atoms. The third-order valence-corrected chi connectivity index (χ3v) is 7.91. The van der Waals surface area contributed by atoms with Gasteiger partial charge in [0, 0.05) is 35.4 Å². The molecule has 154 valence electrons. The van der Waals surface area contributed by atoms with E-state index in [2.05, 4.69) is 61.0 Å². The van der Waals surface area contributed by atoms with Crippen LogP contribution in [-0.2, 0) is 6.54 Å². The van der Waals surface area contributed by atoms with Gasteiger partial charge in [0.2, 0.25) is 0 Å². The molecule has 0 saturated carbocycles. The van der Waals surface area contributed by atoms with E-state index in [1.165, 1.54) is 12.0 Å². The number of nitrogens with zero attached hydrogens (tertiary/aromatic N) is 2. The fraction of sp³-hybridized carbons (Fsp3) is 0.370. The van der Waals surface area contributed by atoms with Crippen LogP contribution in [-0.4, -0.2) is 33.7 Å². The van der Waals surface area contributed by atoms with E-state index in [4.69, 9.17) is 0 Å². The molecule has 3 aliphatic rings. The smallest absolute Gasteiger partial charge is 0.131 e. The number of fused-ring (bicyclic) bond motifs is 4. The average molecular weight is 400 g/mol. The second-order valence-corrected chi connectivity index (χ2v) is 9.60. The van der Waals surface area contributed by atoms with Crippen molar-refractivity contribution in [3.63, 3.8) is 0 Å². The lowest BCUT2D eigenvalue weighted by Crippen LogP contribution is -2.70. The Kier molecular flexibility index (Phi) is 4.76. The lowest BCUT2D eigenvalue weighted by atomic mass is 9.63. The van der Waals surface area contributed by atoms with Gasteiger partial charge in [0.1, 0.15) is 18.7 Å². The molecule has 5 unspecified atom stereocenters. The summed E-state index contributed by atoms with van der Waals surface area (Å²) in [5.41, 5.74) is 3.45. The molecule has 3 heteroatoms. The normalized spacial score (nSPS) is 31.5. The minimum absolute atomic E-state index is 0.129. The summed E-state index contributed by atoms with van der Waals surface area (Å²) in [6.07, 6.45) is 5.76. The standard InChI is InChI=1S/C27H31N2O/c1-3-27(2)19-29(18-20-9-5-4-6-10-20)16-14-21(27)17-25(29)26(30)23-13-15-28-24-12-8-7-11-22(23)24/h3-13,15,21,25-26,30H,1,14,16-19H2,2H3/q+1. The molecule has 3 saturated heterocycles. The van der Waals surface area contributed by atoms with Crippen molar-refractivity contribution in [2.45, 2.75) is 38.5 Å². The predicted octanol–water partition coefficient (Wildman–Crippen LogP) is 5.27. The maximum atomic E-state index is 11.8. The van der Waals surface area contributed by atoms with E-state index >= 15 is 0 Å². The summed E-state index contributed by atoms with van der Waals surface area (Å²) in [5, 5.41) is 12.9. The summed E-state index contributed by atoms with van der Waals surface area (Å²) in [6, 6.07) is 21.1. The highest BCUT2D eigenvalue weighted by Crippen LogP contribution is 2.53. The first-order valence-electron chi connectivity index (χ1n) is 11.1. The zero-order valence-electron chi connectivity index (χ0n) is 17.7. The van der Waals surface area contributed by atoms with Crippen LogP contribution in [0.25, 0.3) is 10.9 Å². The van der Waals surface area contributed by atoms with Crippen LogP contribution in [0.15, 0.2) is 79.5 Å². The fourth-order valence-electron chi connectivity index (χ4n) is 6.26. The van der Waals surface area contributed by atoms with E-state index in [0.717, 1.165) is 47.0 Å². The summed E-state index contributed by atoms with van der Waals surface area (Å²) in [5.74, 6) is 0.582. The van der Waals surface area contributed by atoms with Gasteiger partial charge >= 0.3 is 0 Å². The van der Waals surface area contributed by atoms with E-state index in [-0.39, 0.29) is 11.5 Å². The summed E-state index contributed by atoms with van der Waals surface area (Å²) in [4.78, 5) is 4.51. The molecule has 5 atom stereocenters. The summed E-state index contributed by atoms with van der Waals surface area (Å²) >= 11 is 0. The molecular weight excluding hydrogens is 368 g/mol. The van der Waals surface area contributed by atoms with Crippen LogP contribution in [0.2, 0.25) is 0 Å². The van der Waals surface area contributed by atoms with E-state index in [1.807, 2.05) is 30.5 Å². The van der Waals surface area contributed by atoms with Gasteiger partial charge in [-0.25, -0.2) is 0 Å². The number of benzene rings is 2. The maximum absolute atomic E-state index is 11.8. The largest absolute Gasteiger partial charge is 0.382 e. The van der Waals surface area contributed by atoms with Gasteiger partial charge in [-0.2, -0.15) is 0 Å². The van der Waals surface area contributed by atoms with Crippen molar-refractivity contribution in [2.75, 3.05) is 13.1 Å². The van der Waals surface area contributed by atoms with E-state index in [9.17, 15) is 5.11 Å². The van der Waals surface area contributed by atoms with Crippen LogP contribution in [0, 0.1) is 11.3 Å². The number of rotatable bonds is 5. The molecule has 0 radical (unpaired) electrons. The Morgan fingerprint density at radius 3 is 2.73 bits per heavy atom. The molecule has 2 aromatic carbocycles.